The maximum absolute atomic E-state index is 12.4. The van der Waals surface area contributed by atoms with E-state index in [0.717, 1.165) is 0 Å². The summed E-state index contributed by atoms with van der Waals surface area (Å²) in [5.74, 6) is 0.106. The first-order chi connectivity index (χ1) is 7.68. The molecule has 2 saturated heterocycles. The molecule has 0 aliphatic carbocycles. The molecular weight excluding hydrogens is 208 g/mol. The molecule has 1 atom stereocenters. The minimum atomic E-state index is -0.442. The second-order valence-electron chi connectivity index (χ2n) is 4.79. The van der Waals surface area contributed by atoms with Crippen molar-refractivity contribution in [3.05, 3.63) is 0 Å². The molecule has 92 valence electrons. The first-order valence-corrected chi connectivity index (χ1v) is 5.93. The first-order valence-electron chi connectivity index (χ1n) is 5.93. The molecule has 5 heteroatoms. The molecule has 3 N–H and O–H groups in total. The molecule has 0 aromatic carbocycles. The van der Waals surface area contributed by atoms with Gasteiger partial charge in [0.05, 0.1) is 11.5 Å². The second kappa shape index (κ2) is 4.69. The Kier molecular flexibility index (Phi) is 3.47. The molecule has 2 aliphatic rings. The fraction of sp³-hybridized carbons (Fsp3) is 0.909. The highest BCUT2D eigenvalue weighted by molar-refractivity contribution is 5.83. The Morgan fingerprint density at radius 1 is 1.50 bits per heavy atom. The highest BCUT2D eigenvalue weighted by Gasteiger charge is 2.42. The van der Waals surface area contributed by atoms with Gasteiger partial charge in [0.25, 0.3) is 0 Å². The summed E-state index contributed by atoms with van der Waals surface area (Å²) >= 11 is 0. The molecule has 0 spiro atoms. The minimum Gasteiger partial charge on any atom is -0.391 e. The topological polar surface area (TPSA) is 75.8 Å². The van der Waals surface area contributed by atoms with E-state index in [1.54, 1.807) is 4.90 Å². The van der Waals surface area contributed by atoms with Crippen molar-refractivity contribution in [3.8, 4) is 0 Å². The zero-order valence-corrected chi connectivity index (χ0v) is 9.52. The predicted molar refractivity (Wildman–Crippen MR) is 58.7 cm³/mol. The van der Waals surface area contributed by atoms with Crippen molar-refractivity contribution in [1.82, 2.24) is 4.90 Å². The van der Waals surface area contributed by atoms with Crippen LogP contribution in [0, 0.1) is 5.41 Å². The summed E-state index contributed by atoms with van der Waals surface area (Å²) in [5, 5.41) is 9.45. The van der Waals surface area contributed by atoms with Crippen LogP contribution in [-0.2, 0) is 9.53 Å². The van der Waals surface area contributed by atoms with Crippen LogP contribution in [0.3, 0.4) is 0 Å². The molecule has 2 aliphatic heterocycles. The minimum absolute atomic E-state index is 0.106. The number of rotatable bonds is 2. The van der Waals surface area contributed by atoms with Gasteiger partial charge in [-0.3, -0.25) is 4.79 Å². The fourth-order valence-electron chi connectivity index (χ4n) is 2.53. The van der Waals surface area contributed by atoms with Crippen LogP contribution in [0.25, 0.3) is 0 Å². The average molecular weight is 228 g/mol. The maximum atomic E-state index is 12.4. The molecule has 0 saturated carbocycles. The fourth-order valence-corrected chi connectivity index (χ4v) is 2.53. The summed E-state index contributed by atoms with van der Waals surface area (Å²) in [6.07, 6.45) is 1.73. The number of nitrogens with zero attached hydrogens (tertiary/aromatic N) is 1. The number of β-amino-alcohol motifs (C(OH)–C–C–N with tert-alkyl or cyclic N) is 1. The Labute approximate surface area is 95.5 Å². The predicted octanol–water partition coefficient (Wildman–Crippen LogP) is -0.665. The Bertz CT molecular complexity index is 264. The van der Waals surface area contributed by atoms with E-state index in [4.69, 9.17) is 10.5 Å². The highest BCUT2D eigenvalue weighted by atomic mass is 16.5. The SMILES string of the molecule is NCC1(C(=O)N2CC[C@H](O)C2)CCOCC1. The molecule has 1 amide bonds. The lowest BCUT2D eigenvalue weighted by molar-refractivity contribution is -0.146. The summed E-state index contributed by atoms with van der Waals surface area (Å²) in [7, 11) is 0. The maximum Gasteiger partial charge on any atom is 0.230 e. The lowest BCUT2D eigenvalue weighted by atomic mass is 9.79. The summed E-state index contributed by atoms with van der Waals surface area (Å²) in [6.45, 7) is 2.71. The van der Waals surface area contributed by atoms with Crippen molar-refractivity contribution in [2.45, 2.75) is 25.4 Å². The monoisotopic (exact) mass is 228 g/mol. The Morgan fingerprint density at radius 3 is 2.69 bits per heavy atom. The van der Waals surface area contributed by atoms with E-state index in [9.17, 15) is 9.90 Å². The Hall–Kier alpha value is -0.650. The number of nitrogens with two attached hydrogens (primary N) is 1. The van der Waals surface area contributed by atoms with Crippen LogP contribution in [0.5, 0.6) is 0 Å². The van der Waals surface area contributed by atoms with Crippen molar-refractivity contribution in [1.29, 1.82) is 0 Å². The molecule has 0 bridgehead atoms. The molecule has 0 aromatic rings. The Morgan fingerprint density at radius 2 is 2.19 bits per heavy atom. The normalized spacial score (nSPS) is 29.4. The number of aliphatic hydroxyl groups excluding tert-OH is 1. The van der Waals surface area contributed by atoms with E-state index in [0.29, 0.717) is 52.1 Å². The Balaban J connectivity index is 2.05. The summed E-state index contributed by atoms with van der Waals surface area (Å²) < 4.78 is 5.28. The molecule has 16 heavy (non-hydrogen) atoms. The van der Waals surface area contributed by atoms with E-state index < -0.39 is 5.41 Å². The molecular formula is C11H20N2O3. The third-order valence-corrected chi connectivity index (χ3v) is 3.74. The van der Waals surface area contributed by atoms with Gasteiger partial charge in [-0.1, -0.05) is 0 Å². The van der Waals surface area contributed by atoms with Gasteiger partial charge >= 0.3 is 0 Å². The summed E-state index contributed by atoms with van der Waals surface area (Å²) in [6, 6.07) is 0. The quantitative estimate of drug-likeness (QED) is 0.657. The first kappa shape index (κ1) is 11.8. The molecule has 2 fully saturated rings. The summed E-state index contributed by atoms with van der Waals surface area (Å²) in [5.41, 5.74) is 5.33. The van der Waals surface area contributed by atoms with E-state index in [-0.39, 0.29) is 12.0 Å². The molecule has 0 aromatic heterocycles. The van der Waals surface area contributed by atoms with Gasteiger partial charge in [-0.25, -0.2) is 0 Å². The van der Waals surface area contributed by atoms with E-state index in [1.807, 2.05) is 0 Å². The molecule has 2 heterocycles. The van der Waals surface area contributed by atoms with Gasteiger partial charge in [-0.2, -0.15) is 0 Å². The van der Waals surface area contributed by atoms with Crippen molar-refractivity contribution in [3.63, 3.8) is 0 Å². The number of amides is 1. The van der Waals surface area contributed by atoms with Gasteiger partial charge in [-0.05, 0) is 19.3 Å². The third-order valence-electron chi connectivity index (χ3n) is 3.74. The number of hydrogen-bond acceptors (Lipinski definition) is 4. The highest BCUT2D eigenvalue weighted by Crippen LogP contribution is 2.32. The number of ether oxygens (including phenoxy) is 1. The number of carbonyl (C=O) groups excluding carboxylic acids is 1. The van der Waals surface area contributed by atoms with Gasteiger partial charge in [-0.15, -0.1) is 0 Å². The van der Waals surface area contributed by atoms with Gasteiger partial charge in [0.1, 0.15) is 0 Å². The van der Waals surface area contributed by atoms with Crippen molar-refractivity contribution < 1.29 is 14.6 Å². The smallest absolute Gasteiger partial charge is 0.230 e. The standard InChI is InChI=1S/C11H20N2O3/c12-8-11(2-5-16-6-3-11)10(15)13-4-1-9(14)7-13/h9,14H,1-8,12H2/t9-/m0/s1. The van der Waals surface area contributed by atoms with E-state index >= 15 is 0 Å². The van der Waals surface area contributed by atoms with Gasteiger partial charge in [0, 0.05) is 32.8 Å². The van der Waals surface area contributed by atoms with Crippen LogP contribution < -0.4 is 5.73 Å². The molecule has 0 unspecified atom stereocenters. The number of likely N-dealkylation sites (tertiary alicyclic amines) is 1. The molecule has 5 nitrogen and oxygen atoms in total. The second-order valence-corrected chi connectivity index (χ2v) is 4.79. The summed E-state index contributed by atoms with van der Waals surface area (Å²) in [4.78, 5) is 14.1. The van der Waals surface area contributed by atoms with Gasteiger partial charge in [0.2, 0.25) is 5.91 Å². The van der Waals surface area contributed by atoms with E-state index in [2.05, 4.69) is 0 Å². The van der Waals surface area contributed by atoms with Crippen molar-refractivity contribution >= 4 is 5.91 Å². The van der Waals surface area contributed by atoms with Crippen LogP contribution in [0.1, 0.15) is 19.3 Å². The number of aliphatic hydroxyl groups is 1. The van der Waals surface area contributed by atoms with Crippen LogP contribution >= 0.6 is 0 Å². The average Bonchev–Trinajstić information content (AvgIpc) is 2.76. The largest absolute Gasteiger partial charge is 0.391 e. The number of carbonyl (C=O) groups is 1. The third kappa shape index (κ3) is 2.07. The zero-order chi connectivity index (χ0) is 11.6. The zero-order valence-electron chi connectivity index (χ0n) is 9.52. The number of hydrogen-bond donors (Lipinski definition) is 2. The van der Waals surface area contributed by atoms with Crippen molar-refractivity contribution in [2.75, 3.05) is 32.8 Å². The van der Waals surface area contributed by atoms with Crippen LogP contribution in [0.2, 0.25) is 0 Å². The molecule has 0 radical (unpaired) electrons. The van der Waals surface area contributed by atoms with E-state index in [1.165, 1.54) is 0 Å². The van der Waals surface area contributed by atoms with Crippen LogP contribution in [-0.4, -0.2) is 54.9 Å². The van der Waals surface area contributed by atoms with Crippen LogP contribution in [0.15, 0.2) is 0 Å². The van der Waals surface area contributed by atoms with Crippen LogP contribution in [0.4, 0.5) is 0 Å². The van der Waals surface area contributed by atoms with Gasteiger partial charge in [0.15, 0.2) is 0 Å². The lowest BCUT2D eigenvalue weighted by Gasteiger charge is -2.37. The van der Waals surface area contributed by atoms with Gasteiger partial charge < -0.3 is 20.5 Å². The van der Waals surface area contributed by atoms with Crippen molar-refractivity contribution in [2.24, 2.45) is 11.1 Å². The lowest BCUT2D eigenvalue weighted by Crippen LogP contribution is -2.50. The molecule has 2 rings (SSSR count).